The van der Waals surface area contributed by atoms with Crippen molar-refractivity contribution in [3.05, 3.63) is 193 Å². The van der Waals surface area contributed by atoms with Crippen LogP contribution in [0.1, 0.15) is 36.5 Å². The molecule has 9 rings (SSSR count). The molecular formula is C49H38N4O3Pt. The quantitative estimate of drug-likeness (QED) is 0.114. The molecule has 57 heavy (non-hydrogen) atoms. The first kappa shape index (κ1) is 37.5. The Morgan fingerprint density at radius 2 is 1.32 bits per heavy atom. The molecule has 0 spiro atoms. The van der Waals surface area contributed by atoms with Gasteiger partial charge in [-0.25, -0.2) is 4.98 Å². The fraction of sp³-hybridized carbons (Fsp3) is 0.102. The predicted molar refractivity (Wildman–Crippen MR) is 221 cm³/mol. The van der Waals surface area contributed by atoms with Crippen LogP contribution in [-0.2, 0) is 34.3 Å². The average Bonchev–Trinajstić information content (AvgIpc) is 3.86. The van der Waals surface area contributed by atoms with Gasteiger partial charge in [-0.2, -0.15) is 17.2 Å². The summed E-state index contributed by atoms with van der Waals surface area (Å²) in [7, 11) is 0. The molecule has 0 unspecified atom stereocenters. The Morgan fingerprint density at radius 1 is 0.649 bits per heavy atom. The summed E-state index contributed by atoms with van der Waals surface area (Å²) >= 11 is 0. The Labute approximate surface area is 346 Å². The number of hydrogen-bond acceptors (Lipinski definition) is 5. The normalized spacial score (nSPS) is 11.1. The van der Waals surface area contributed by atoms with Crippen molar-refractivity contribution >= 4 is 21.8 Å². The molecule has 0 N–H and O–H groups in total. The van der Waals surface area contributed by atoms with Crippen LogP contribution in [-0.4, -0.2) is 19.3 Å². The number of fused-ring (bicyclic) bond motifs is 3. The molecule has 3 aromatic heterocycles. The van der Waals surface area contributed by atoms with Crippen LogP contribution in [0.4, 0.5) is 0 Å². The van der Waals surface area contributed by atoms with Crippen LogP contribution >= 0.6 is 0 Å². The summed E-state index contributed by atoms with van der Waals surface area (Å²) in [6.07, 6.45) is 5.66. The zero-order valence-electron chi connectivity index (χ0n) is 31.4. The van der Waals surface area contributed by atoms with Crippen molar-refractivity contribution in [2.45, 2.75) is 33.0 Å². The van der Waals surface area contributed by atoms with Gasteiger partial charge in [0.25, 0.3) is 0 Å². The minimum Gasteiger partial charge on any atom is -0.509 e. The van der Waals surface area contributed by atoms with Crippen LogP contribution in [0.15, 0.2) is 164 Å². The van der Waals surface area contributed by atoms with E-state index < -0.39 is 0 Å². The van der Waals surface area contributed by atoms with Gasteiger partial charge in [-0.05, 0) is 64.0 Å². The van der Waals surface area contributed by atoms with Crippen molar-refractivity contribution in [2.75, 3.05) is 0 Å². The van der Waals surface area contributed by atoms with Gasteiger partial charge in [0.15, 0.2) is 0 Å². The average molecular weight is 926 g/mol. The Balaban J connectivity index is 0.00000455. The maximum absolute atomic E-state index is 6.45. The molecule has 7 nitrogen and oxygen atoms in total. The third kappa shape index (κ3) is 7.98. The topological polar surface area (TPSA) is 63.3 Å². The molecule has 0 aliphatic carbocycles. The molecule has 0 amide bonds. The van der Waals surface area contributed by atoms with E-state index in [1.165, 1.54) is 5.56 Å². The van der Waals surface area contributed by atoms with Crippen LogP contribution in [0.2, 0.25) is 0 Å². The van der Waals surface area contributed by atoms with Crippen molar-refractivity contribution in [1.82, 2.24) is 19.3 Å². The van der Waals surface area contributed by atoms with Crippen molar-refractivity contribution in [2.24, 2.45) is 0 Å². The van der Waals surface area contributed by atoms with Crippen LogP contribution in [0.3, 0.4) is 0 Å². The largest absolute Gasteiger partial charge is 2.00 e. The fourth-order valence-electron chi connectivity index (χ4n) is 6.93. The first-order chi connectivity index (χ1) is 27.6. The standard InChI is InChI=1S/C49H38N4O3.Pt/c1-34(2)37-25-26-50-48(27-37)53-44-20-10-9-19-42(44)43-24-23-41(29-45(43)53)56-40-18-11-17-39(28-40)52-31-38(30-51-52)49-46(54-32-35-13-5-3-6-14-35)21-12-22-47(49)55-33-36-15-7-4-8-16-36;/h3-27,30-31,34H,32-33H2,1-2H3;/q-2;+2. The van der Waals surface area contributed by atoms with Crippen LogP contribution in [0.25, 0.3) is 44.4 Å². The van der Waals surface area contributed by atoms with Gasteiger partial charge in [-0.1, -0.05) is 104 Å². The number of hydrogen-bond donors (Lipinski definition) is 0. The summed E-state index contributed by atoms with van der Waals surface area (Å²) in [6.45, 7) is 5.22. The number of aromatic nitrogens is 4. The molecule has 3 heterocycles. The zero-order chi connectivity index (χ0) is 37.8. The summed E-state index contributed by atoms with van der Waals surface area (Å²) < 4.78 is 23.2. The molecule has 0 bridgehead atoms. The molecule has 0 saturated carbocycles. The number of rotatable bonds is 12. The van der Waals surface area contributed by atoms with E-state index >= 15 is 0 Å². The predicted octanol–water partition coefficient (Wildman–Crippen LogP) is 11.7. The molecule has 0 saturated heterocycles. The van der Waals surface area contributed by atoms with Crippen LogP contribution < -0.4 is 14.2 Å². The van der Waals surface area contributed by atoms with E-state index in [4.69, 9.17) is 24.3 Å². The van der Waals surface area contributed by atoms with E-state index in [1.807, 2.05) is 97.5 Å². The van der Waals surface area contributed by atoms with E-state index in [0.717, 1.165) is 49.9 Å². The monoisotopic (exact) mass is 925 g/mol. The smallest absolute Gasteiger partial charge is 0.509 e. The van der Waals surface area contributed by atoms with E-state index in [1.54, 1.807) is 4.68 Å². The minimum atomic E-state index is 0. The van der Waals surface area contributed by atoms with Crippen LogP contribution in [0, 0.1) is 12.1 Å². The van der Waals surface area contributed by atoms with Gasteiger partial charge in [0.1, 0.15) is 30.5 Å². The second kappa shape index (κ2) is 16.7. The van der Waals surface area contributed by atoms with Crippen molar-refractivity contribution in [1.29, 1.82) is 0 Å². The Kier molecular flexibility index (Phi) is 11.0. The molecule has 8 heteroatoms. The Hall–Kier alpha value is -6.43. The summed E-state index contributed by atoms with van der Waals surface area (Å²) in [5.41, 5.74) is 7.71. The van der Waals surface area contributed by atoms with E-state index in [9.17, 15) is 0 Å². The molecule has 0 aliphatic rings. The van der Waals surface area contributed by atoms with Gasteiger partial charge in [-0.15, -0.1) is 35.7 Å². The SMILES string of the molecule is CC(C)c1ccnc(-n2c3[c-]c(Oc4[c-]c(-n5cc(-c6c(OCc7ccccc7)cccc6OCc6ccccc6)cn5)ccc4)ccc3c3ccccc32)c1.[Pt+2]. The number of nitrogens with zero attached hydrogens (tertiary/aromatic N) is 4. The second-order valence-electron chi connectivity index (χ2n) is 13.9. The van der Waals surface area contributed by atoms with Gasteiger partial charge >= 0.3 is 21.1 Å². The molecule has 0 radical (unpaired) electrons. The number of ether oxygens (including phenoxy) is 3. The summed E-state index contributed by atoms with van der Waals surface area (Å²) in [6, 6.07) is 55.5. The molecule has 0 aliphatic heterocycles. The van der Waals surface area contributed by atoms with Crippen molar-refractivity contribution < 1.29 is 35.3 Å². The number of para-hydroxylation sites is 1. The van der Waals surface area contributed by atoms with Gasteiger partial charge < -0.3 is 18.8 Å². The van der Waals surface area contributed by atoms with Gasteiger partial charge in [-0.3, -0.25) is 4.68 Å². The second-order valence-corrected chi connectivity index (χ2v) is 13.9. The summed E-state index contributed by atoms with van der Waals surface area (Å²) in [4.78, 5) is 4.78. The van der Waals surface area contributed by atoms with E-state index in [0.29, 0.717) is 47.8 Å². The summed E-state index contributed by atoms with van der Waals surface area (Å²) in [5, 5.41) is 6.97. The van der Waals surface area contributed by atoms with Crippen molar-refractivity contribution in [3.8, 4) is 45.6 Å². The molecule has 0 atom stereocenters. The Bertz CT molecular complexity index is 2720. The first-order valence-electron chi connectivity index (χ1n) is 18.7. The van der Waals surface area contributed by atoms with Gasteiger partial charge in [0.05, 0.1) is 11.8 Å². The number of pyridine rings is 1. The van der Waals surface area contributed by atoms with E-state index in [2.05, 4.69) is 97.3 Å². The van der Waals surface area contributed by atoms with Gasteiger partial charge in [0.2, 0.25) is 0 Å². The maximum atomic E-state index is 6.45. The molecule has 0 fully saturated rings. The Morgan fingerprint density at radius 3 is 2.04 bits per heavy atom. The molecule has 282 valence electrons. The molecule has 9 aromatic rings. The van der Waals surface area contributed by atoms with E-state index in [-0.39, 0.29) is 21.1 Å². The summed E-state index contributed by atoms with van der Waals surface area (Å²) in [5.74, 6) is 3.74. The minimum absolute atomic E-state index is 0. The third-order valence-electron chi connectivity index (χ3n) is 9.78. The number of benzene rings is 6. The third-order valence-corrected chi connectivity index (χ3v) is 9.78. The van der Waals surface area contributed by atoms with Crippen molar-refractivity contribution in [3.63, 3.8) is 0 Å². The molecular weight excluding hydrogens is 888 g/mol. The van der Waals surface area contributed by atoms with Gasteiger partial charge in [0, 0.05) is 35.0 Å². The van der Waals surface area contributed by atoms with Crippen LogP contribution in [0.5, 0.6) is 23.0 Å². The zero-order valence-corrected chi connectivity index (χ0v) is 33.7. The fourth-order valence-corrected chi connectivity index (χ4v) is 6.93. The first-order valence-corrected chi connectivity index (χ1v) is 18.7. The maximum Gasteiger partial charge on any atom is 2.00 e. The molecule has 6 aromatic carbocycles.